The van der Waals surface area contributed by atoms with Gasteiger partial charge in [0.15, 0.2) is 5.78 Å². The van der Waals surface area contributed by atoms with Gasteiger partial charge in [0.25, 0.3) is 0 Å². The molecule has 4 rings (SSSR count). The standard InChI is InChI=1S/C25H27NO4S/c1-25(2)14-13-19-22(28-3)12-9-18(24(19)30-25)21(27)10-5-16-6-11-23(29-4)20(15-16)26-31-17-7-8-17/h5-6,9-15,17,26H,7-8H2,1-4H3/b10-5+. The van der Waals surface area contributed by atoms with Crippen LogP contribution in [0.2, 0.25) is 0 Å². The van der Waals surface area contributed by atoms with E-state index in [1.54, 1.807) is 44.4 Å². The van der Waals surface area contributed by atoms with E-state index in [2.05, 4.69) is 4.72 Å². The first-order chi connectivity index (χ1) is 14.9. The van der Waals surface area contributed by atoms with Crippen LogP contribution >= 0.6 is 11.9 Å². The topological polar surface area (TPSA) is 56.8 Å². The van der Waals surface area contributed by atoms with Gasteiger partial charge in [-0.1, -0.05) is 12.1 Å². The molecule has 5 nitrogen and oxygen atoms in total. The first-order valence-electron chi connectivity index (χ1n) is 10.3. The largest absolute Gasteiger partial charge is 0.496 e. The Morgan fingerprint density at radius 1 is 1.16 bits per heavy atom. The number of carbonyl (C=O) groups is 1. The van der Waals surface area contributed by atoms with Crippen LogP contribution in [0.4, 0.5) is 5.69 Å². The van der Waals surface area contributed by atoms with Gasteiger partial charge in [-0.2, -0.15) is 0 Å². The third kappa shape index (κ3) is 4.90. The molecule has 0 saturated heterocycles. The van der Waals surface area contributed by atoms with Crippen LogP contribution in [-0.4, -0.2) is 30.9 Å². The number of methoxy groups -OCH3 is 2. The lowest BCUT2D eigenvalue weighted by Gasteiger charge is -2.29. The van der Waals surface area contributed by atoms with E-state index in [9.17, 15) is 4.79 Å². The predicted molar refractivity (Wildman–Crippen MR) is 127 cm³/mol. The number of carbonyl (C=O) groups excluding carboxylic acids is 1. The van der Waals surface area contributed by atoms with Crippen molar-refractivity contribution in [1.82, 2.24) is 0 Å². The maximum atomic E-state index is 13.1. The second-order valence-electron chi connectivity index (χ2n) is 8.17. The van der Waals surface area contributed by atoms with Gasteiger partial charge in [0.1, 0.15) is 22.8 Å². The highest BCUT2D eigenvalue weighted by molar-refractivity contribution is 8.01. The lowest BCUT2D eigenvalue weighted by atomic mass is 9.97. The molecule has 2 aliphatic rings. The van der Waals surface area contributed by atoms with Gasteiger partial charge in [0, 0.05) is 5.25 Å². The SMILES string of the molecule is COc1ccc(/C=C/C(=O)c2ccc(OC)c3c2OC(C)(C)C=C3)cc1NSC1CC1. The van der Waals surface area contributed by atoms with Crippen molar-refractivity contribution in [2.45, 2.75) is 37.5 Å². The number of fused-ring (bicyclic) bond motifs is 1. The highest BCUT2D eigenvalue weighted by Crippen LogP contribution is 2.40. The molecule has 31 heavy (non-hydrogen) atoms. The molecule has 0 bridgehead atoms. The molecular weight excluding hydrogens is 410 g/mol. The quantitative estimate of drug-likeness (QED) is 0.310. The number of rotatable bonds is 8. The smallest absolute Gasteiger partial charge is 0.189 e. The van der Waals surface area contributed by atoms with Crippen LogP contribution in [0.1, 0.15) is 48.2 Å². The fourth-order valence-corrected chi connectivity index (χ4v) is 4.13. The summed E-state index contributed by atoms with van der Waals surface area (Å²) in [6, 6.07) is 9.39. The number of ether oxygens (including phenoxy) is 3. The molecule has 1 saturated carbocycles. The highest BCUT2D eigenvalue weighted by Gasteiger charge is 2.27. The number of hydrogen-bond acceptors (Lipinski definition) is 6. The summed E-state index contributed by atoms with van der Waals surface area (Å²) < 4.78 is 20.4. The van der Waals surface area contributed by atoms with Crippen molar-refractivity contribution in [2.24, 2.45) is 0 Å². The first kappa shape index (κ1) is 21.4. The zero-order chi connectivity index (χ0) is 22.0. The Morgan fingerprint density at radius 2 is 1.90 bits per heavy atom. The maximum Gasteiger partial charge on any atom is 0.189 e. The molecular formula is C25H27NO4S. The number of anilines is 1. The molecule has 1 N–H and O–H groups in total. The van der Waals surface area contributed by atoms with Gasteiger partial charge in [-0.3, -0.25) is 4.79 Å². The van der Waals surface area contributed by atoms with Crippen molar-refractivity contribution in [2.75, 3.05) is 18.9 Å². The molecule has 1 aliphatic heterocycles. The Morgan fingerprint density at radius 3 is 2.61 bits per heavy atom. The minimum atomic E-state index is -0.492. The van der Waals surface area contributed by atoms with Crippen LogP contribution in [0.15, 0.2) is 42.5 Å². The minimum Gasteiger partial charge on any atom is -0.496 e. The maximum absolute atomic E-state index is 13.1. The summed E-state index contributed by atoms with van der Waals surface area (Å²) in [6.45, 7) is 3.92. The van der Waals surface area contributed by atoms with Gasteiger partial charge in [0.05, 0.1) is 31.0 Å². The number of hydrogen-bond donors (Lipinski definition) is 1. The van der Waals surface area contributed by atoms with Crippen LogP contribution in [0, 0.1) is 0 Å². The van der Waals surface area contributed by atoms with Crippen molar-refractivity contribution < 1.29 is 19.0 Å². The Labute approximate surface area is 187 Å². The fraction of sp³-hybridized carbons (Fsp3) is 0.320. The summed E-state index contributed by atoms with van der Waals surface area (Å²) >= 11 is 1.72. The Kier molecular flexibility index (Phi) is 6.01. The van der Waals surface area contributed by atoms with Crippen molar-refractivity contribution in [3.63, 3.8) is 0 Å². The highest BCUT2D eigenvalue weighted by atomic mass is 32.2. The lowest BCUT2D eigenvalue weighted by molar-refractivity contribution is 0.103. The van der Waals surface area contributed by atoms with Gasteiger partial charge < -0.3 is 18.9 Å². The summed E-state index contributed by atoms with van der Waals surface area (Å²) in [5.74, 6) is 1.90. The molecule has 0 amide bonds. The van der Waals surface area contributed by atoms with Crippen LogP contribution in [0.25, 0.3) is 12.2 Å². The summed E-state index contributed by atoms with van der Waals surface area (Å²) in [5, 5.41) is 0.671. The summed E-state index contributed by atoms with van der Waals surface area (Å²) in [7, 11) is 3.27. The van der Waals surface area contributed by atoms with Crippen LogP contribution in [0.3, 0.4) is 0 Å². The Bertz CT molecular complexity index is 1050. The molecule has 162 valence electrons. The molecule has 2 aromatic rings. The molecule has 1 aliphatic carbocycles. The van der Waals surface area contributed by atoms with Crippen LogP contribution in [0.5, 0.6) is 17.2 Å². The normalized spacial score (nSPS) is 16.5. The molecule has 2 aromatic carbocycles. The Balaban J connectivity index is 1.58. The zero-order valence-electron chi connectivity index (χ0n) is 18.2. The third-order valence-electron chi connectivity index (χ3n) is 5.17. The second kappa shape index (κ2) is 8.71. The van der Waals surface area contributed by atoms with Gasteiger partial charge in [-0.15, -0.1) is 0 Å². The predicted octanol–water partition coefficient (Wildman–Crippen LogP) is 6.01. The van der Waals surface area contributed by atoms with Crippen LogP contribution in [-0.2, 0) is 0 Å². The first-order valence-corrected chi connectivity index (χ1v) is 11.2. The summed E-state index contributed by atoms with van der Waals surface area (Å²) in [6.07, 6.45) is 9.80. The number of ketones is 1. The second-order valence-corrected chi connectivity index (χ2v) is 9.28. The van der Waals surface area contributed by atoms with Crippen molar-refractivity contribution >= 4 is 35.6 Å². The van der Waals surface area contributed by atoms with E-state index in [1.807, 2.05) is 50.3 Å². The van der Waals surface area contributed by atoms with Gasteiger partial charge in [0.2, 0.25) is 0 Å². The van der Waals surface area contributed by atoms with Gasteiger partial charge in [-0.25, -0.2) is 0 Å². The van der Waals surface area contributed by atoms with Crippen molar-refractivity contribution in [3.05, 3.63) is 59.2 Å². The van der Waals surface area contributed by atoms with Crippen molar-refractivity contribution in [1.29, 1.82) is 0 Å². The number of allylic oxidation sites excluding steroid dienone is 1. The molecule has 0 atom stereocenters. The zero-order valence-corrected chi connectivity index (χ0v) is 19.0. The van der Waals surface area contributed by atoms with E-state index in [-0.39, 0.29) is 5.78 Å². The number of benzene rings is 2. The van der Waals surface area contributed by atoms with Gasteiger partial charge in [-0.05, 0) is 86.7 Å². The summed E-state index contributed by atoms with van der Waals surface area (Å²) in [5.41, 5.74) is 2.63. The molecule has 6 heteroatoms. The molecule has 0 radical (unpaired) electrons. The van der Waals surface area contributed by atoms with E-state index < -0.39 is 5.60 Å². The summed E-state index contributed by atoms with van der Waals surface area (Å²) in [4.78, 5) is 13.1. The third-order valence-corrected chi connectivity index (χ3v) is 6.31. The van der Waals surface area contributed by atoms with E-state index in [1.165, 1.54) is 12.8 Å². The van der Waals surface area contributed by atoms with E-state index in [0.717, 1.165) is 22.6 Å². The van der Waals surface area contributed by atoms with E-state index >= 15 is 0 Å². The fourth-order valence-electron chi connectivity index (χ4n) is 3.31. The number of nitrogens with one attached hydrogen (secondary N) is 1. The molecule has 0 spiro atoms. The van der Waals surface area contributed by atoms with E-state index in [4.69, 9.17) is 14.2 Å². The van der Waals surface area contributed by atoms with Crippen molar-refractivity contribution in [3.8, 4) is 17.2 Å². The monoisotopic (exact) mass is 437 g/mol. The van der Waals surface area contributed by atoms with Gasteiger partial charge >= 0.3 is 0 Å². The lowest BCUT2D eigenvalue weighted by Crippen LogP contribution is -2.28. The minimum absolute atomic E-state index is 0.123. The van der Waals surface area contributed by atoms with Crippen LogP contribution < -0.4 is 18.9 Å². The molecule has 1 fully saturated rings. The Hall–Kier alpha value is -2.86. The molecule has 1 heterocycles. The molecule has 0 aromatic heterocycles. The average molecular weight is 438 g/mol. The van der Waals surface area contributed by atoms with E-state index in [0.29, 0.717) is 22.3 Å². The average Bonchev–Trinajstić information content (AvgIpc) is 3.59. The molecule has 0 unspecified atom stereocenters.